The van der Waals surface area contributed by atoms with E-state index in [9.17, 15) is 9.59 Å². The topological polar surface area (TPSA) is 46.2 Å². The maximum Gasteiger partial charge on any atom is 0.234 e. The molecule has 3 heteroatoms. The second kappa shape index (κ2) is 4.32. The van der Waals surface area contributed by atoms with Crippen LogP contribution < -0.4 is 5.32 Å². The minimum atomic E-state index is -0.192. The van der Waals surface area contributed by atoms with Crippen molar-refractivity contribution in [3.05, 3.63) is 36.0 Å². The zero-order valence-corrected chi connectivity index (χ0v) is 10.2. The molecular formula is C14H17NO2. The number of carbonyl (C=O) groups excluding carboxylic acids is 2. The number of amides is 2. The van der Waals surface area contributed by atoms with Gasteiger partial charge in [0.25, 0.3) is 0 Å². The Bertz CT molecular complexity index is 441. The Kier molecular flexibility index (Phi) is 3.01. The summed E-state index contributed by atoms with van der Waals surface area (Å²) in [5, 5.41) is 2.39. The molecule has 3 nitrogen and oxygen atoms in total. The Morgan fingerprint density at radius 3 is 2.76 bits per heavy atom. The molecule has 1 N–H and O–H groups in total. The SMILES string of the molecule is CC1(C)C=CC=C(C2CCC(=O)NC2=O)C=C1. The Morgan fingerprint density at radius 1 is 1.29 bits per heavy atom. The average molecular weight is 231 g/mol. The summed E-state index contributed by atoms with van der Waals surface area (Å²) in [6, 6.07) is 0. The first-order valence-electron chi connectivity index (χ1n) is 5.90. The number of hydrogen-bond acceptors (Lipinski definition) is 2. The molecule has 0 bridgehead atoms. The van der Waals surface area contributed by atoms with Crippen LogP contribution in [0.15, 0.2) is 36.0 Å². The lowest BCUT2D eigenvalue weighted by molar-refractivity contribution is -0.135. The number of rotatable bonds is 1. The maximum atomic E-state index is 11.7. The van der Waals surface area contributed by atoms with E-state index in [1.807, 2.05) is 18.2 Å². The number of hydrogen-bond donors (Lipinski definition) is 1. The van der Waals surface area contributed by atoms with Crippen molar-refractivity contribution in [2.75, 3.05) is 0 Å². The first-order valence-corrected chi connectivity index (χ1v) is 5.90. The standard InChI is InChI=1S/C14H17NO2/c1-14(2)8-3-4-10(7-9-14)11-5-6-12(16)15-13(11)17/h3-4,7-9,11H,5-6H2,1-2H3,(H,15,16,17). The molecule has 17 heavy (non-hydrogen) atoms. The van der Waals surface area contributed by atoms with Crippen LogP contribution in [0.2, 0.25) is 0 Å². The third kappa shape index (κ3) is 2.73. The summed E-state index contributed by atoms with van der Waals surface area (Å²) in [4.78, 5) is 22.8. The normalized spacial score (nSPS) is 27.4. The van der Waals surface area contributed by atoms with Gasteiger partial charge in [0.05, 0.1) is 5.92 Å². The Labute approximate surface area is 101 Å². The molecule has 0 aromatic carbocycles. The fourth-order valence-electron chi connectivity index (χ4n) is 2.07. The fourth-order valence-corrected chi connectivity index (χ4v) is 2.07. The number of carbonyl (C=O) groups is 2. The molecule has 0 saturated carbocycles. The van der Waals surface area contributed by atoms with E-state index in [4.69, 9.17) is 0 Å². The molecule has 2 aliphatic rings. The molecule has 2 rings (SSSR count). The van der Waals surface area contributed by atoms with E-state index in [0.717, 1.165) is 5.57 Å². The van der Waals surface area contributed by atoms with Gasteiger partial charge in [-0.05, 0) is 12.0 Å². The van der Waals surface area contributed by atoms with Gasteiger partial charge in [0, 0.05) is 11.8 Å². The van der Waals surface area contributed by atoms with Crippen LogP contribution in [0.5, 0.6) is 0 Å². The van der Waals surface area contributed by atoms with Gasteiger partial charge in [-0.3, -0.25) is 14.9 Å². The van der Waals surface area contributed by atoms with E-state index in [2.05, 4.69) is 31.3 Å². The molecule has 1 atom stereocenters. The summed E-state index contributed by atoms with van der Waals surface area (Å²) in [6.45, 7) is 4.22. The molecule has 1 heterocycles. The summed E-state index contributed by atoms with van der Waals surface area (Å²) in [5.41, 5.74) is 0.996. The minimum Gasteiger partial charge on any atom is -0.296 e. The third-order valence-corrected chi connectivity index (χ3v) is 3.16. The molecule has 1 aliphatic heterocycles. The molecular weight excluding hydrogens is 214 g/mol. The number of allylic oxidation sites excluding steroid dienone is 5. The summed E-state index contributed by atoms with van der Waals surface area (Å²) < 4.78 is 0. The molecule has 0 spiro atoms. The van der Waals surface area contributed by atoms with Crippen molar-refractivity contribution in [1.29, 1.82) is 0 Å². The minimum absolute atomic E-state index is 0.0131. The third-order valence-electron chi connectivity index (χ3n) is 3.16. The van der Waals surface area contributed by atoms with Gasteiger partial charge in [0.15, 0.2) is 0 Å². The van der Waals surface area contributed by atoms with Crippen LogP contribution in [0.4, 0.5) is 0 Å². The van der Waals surface area contributed by atoms with Crippen molar-refractivity contribution in [3.63, 3.8) is 0 Å². The number of nitrogens with one attached hydrogen (secondary N) is 1. The van der Waals surface area contributed by atoms with Gasteiger partial charge in [-0.25, -0.2) is 0 Å². The van der Waals surface area contributed by atoms with Crippen LogP contribution in [0.3, 0.4) is 0 Å². The van der Waals surface area contributed by atoms with Crippen molar-refractivity contribution in [2.45, 2.75) is 26.7 Å². The lowest BCUT2D eigenvalue weighted by Crippen LogP contribution is -2.41. The van der Waals surface area contributed by atoms with E-state index in [0.29, 0.717) is 12.8 Å². The van der Waals surface area contributed by atoms with E-state index in [1.165, 1.54) is 0 Å². The molecule has 1 unspecified atom stereocenters. The lowest BCUT2D eigenvalue weighted by Gasteiger charge is -2.21. The van der Waals surface area contributed by atoms with E-state index in [1.54, 1.807) is 0 Å². The molecule has 0 aromatic rings. The number of piperidine rings is 1. The van der Waals surface area contributed by atoms with Crippen LogP contribution in [-0.4, -0.2) is 11.8 Å². The molecule has 1 fully saturated rings. The van der Waals surface area contributed by atoms with Crippen LogP contribution >= 0.6 is 0 Å². The van der Waals surface area contributed by atoms with Gasteiger partial charge in [0.2, 0.25) is 11.8 Å². The Morgan fingerprint density at radius 2 is 2.06 bits per heavy atom. The highest BCUT2D eigenvalue weighted by atomic mass is 16.2. The largest absolute Gasteiger partial charge is 0.296 e. The Hall–Kier alpha value is -1.64. The monoisotopic (exact) mass is 231 g/mol. The van der Waals surface area contributed by atoms with Gasteiger partial charge in [-0.2, -0.15) is 0 Å². The molecule has 0 aromatic heterocycles. The van der Waals surface area contributed by atoms with Gasteiger partial charge in [-0.15, -0.1) is 0 Å². The highest BCUT2D eigenvalue weighted by molar-refractivity contribution is 6.00. The maximum absolute atomic E-state index is 11.7. The van der Waals surface area contributed by atoms with Crippen LogP contribution in [0, 0.1) is 11.3 Å². The quantitative estimate of drug-likeness (QED) is 0.703. The van der Waals surface area contributed by atoms with Gasteiger partial charge < -0.3 is 0 Å². The first kappa shape index (κ1) is 11.8. The van der Waals surface area contributed by atoms with E-state index < -0.39 is 0 Å². The van der Waals surface area contributed by atoms with E-state index in [-0.39, 0.29) is 23.1 Å². The molecule has 0 radical (unpaired) electrons. The second-order valence-corrected chi connectivity index (χ2v) is 5.18. The molecule has 90 valence electrons. The fraction of sp³-hybridized carbons (Fsp3) is 0.429. The van der Waals surface area contributed by atoms with Crippen LogP contribution in [-0.2, 0) is 9.59 Å². The summed E-state index contributed by atoms with van der Waals surface area (Å²) in [5.74, 6) is -0.534. The second-order valence-electron chi connectivity index (χ2n) is 5.18. The highest BCUT2D eigenvalue weighted by Gasteiger charge is 2.28. The van der Waals surface area contributed by atoms with Gasteiger partial charge >= 0.3 is 0 Å². The van der Waals surface area contributed by atoms with Crippen molar-refractivity contribution in [2.24, 2.45) is 11.3 Å². The average Bonchev–Trinajstić information content (AvgIpc) is 2.40. The zero-order valence-electron chi connectivity index (χ0n) is 10.2. The van der Waals surface area contributed by atoms with Crippen LogP contribution in [0.1, 0.15) is 26.7 Å². The van der Waals surface area contributed by atoms with Crippen molar-refractivity contribution >= 4 is 11.8 Å². The van der Waals surface area contributed by atoms with E-state index >= 15 is 0 Å². The predicted octanol–water partition coefficient (Wildman–Crippen LogP) is 2.12. The summed E-state index contributed by atoms with van der Waals surface area (Å²) in [7, 11) is 0. The lowest BCUT2D eigenvalue weighted by atomic mass is 9.88. The summed E-state index contributed by atoms with van der Waals surface area (Å²) >= 11 is 0. The van der Waals surface area contributed by atoms with Gasteiger partial charge in [-0.1, -0.05) is 44.2 Å². The molecule has 1 aliphatic carbocycles. The molecule has 1 saturated heterocycles. The van der Waals surface area contributed by atoms with Crippen molar-refractivity contribution in [1.82, 2.24) is 5.32 Å². The van der Waals surface area contributed by atoms with Crippen molar-refractivity contribution in [3.8, 4) is 0 Å². The predicted molar refractivity (Wildman–Crippen MR) is 66.0 cm³/mol. The van der Waals surface area contributed by atoms with Crippen LogP contribution in [0.25, 0.3) is 0 Å². The smallest absolute Gasteiger partial charge is 0.234 e. The summed E-state index contributed by atoms with van der Waals surface area (Å²) in [6.07, 6.45) is 11.2. The zero-order chi connectivity index (χ0) is 12.5. The van der Waals surface area contributed by atoms with Gasteiger partial charge in [0.1, 0.15) is 0 Å². The van der Waals surface area contributed by atoms with Crippen molar-refractivity contribution < 1.29 is 9.59 Å². The first-order chi connectivity index (χ1) is 7.98. The Balaban J connectivity index is 2.19. The molecule has 2 amide bonds. The number of imide groups is 1. The highest BCUT2D eigenvalue weighted by Crippen LogP contribution is 2.28.